The van der Waals surface area contributed by atoms with Crippen molar-refractivity contribution in [2.24, 2.45) is 0 Å². The molecule has 0 saturated carbocycles. The number of likely N-dealkylation sites (N-methyl/N-ethyl adjacent to an activating group) is 1. The third-order valence-electron chi connectivity index (χ3n) is 3.94. The largest absolute Gasteiger partial charge is 0.384 e. The summed E-state index contributed by atoms with van der Waals surface area (Å²) in [5.41, 5.74) is 3.20. The predicted molar refractivity (Wildman–Crippen MR) is 83.3 cm³/mol. The molecule has 1 aromatic carbocycles. The first-order valence-corrected chi connectivity index (χ1v) is 7.23. The van der Waals surface area contributed by atoms with Crippen LogP contribution in [0.3, 0.4) is 0 Å². The van der Waals surface area contributed by atoms with Gasteiger partial charge in [0.2, 0.25) is 5.91 Å². The van der Waals surface area contributed by atoms with Crippen LogP contribution in [0.1, 0.15) is 17.2 Å². The molecule has 108 valence electrons. The highest BCUT2D eigenvalue weighted by Gasteiger charge is 2.30. The highest BCUT2D eigenvalue weighted by atomic mass is 16.2. The van der Waals surface area contributed by atoms with Crippen molar-refractivity contribution in [1.82, 2.24) is 9.88 Å². The molecule has 0 saturated heterocycles. The molecule has 3 rings (SSSR count). The molecule has 1 atom stereocenters. The average Bonchev–Trinajstić information content (AvgIpc) is 2.97. The Bertz CT molecular complexity index is 627. The molecule has 4 nitrogen and oxygen atoms in total. The second-order valence-electron chi connectivity index (χ2n) is 5.35. The quantitative estimate of drug-likeness (QED) is 0.935. The van der Waals surface area contributed by atoms with Gasteiger partial charge in [0.1, 0.15) is 0 Å². The molecule has 0 spiro atoms. The van der Waals surface area contributed by atoms with Crippen LogP contribution in [0.2, 0.25) is 0 Å². The Balaban J connectivity index is 1.63. The van der Waals surface area contributed by atoms with Crippen molar-refractivity contribution in [3.05, 3.63) is 59.9 Å². The number of hydrogen-bond acceptors (Lipinski definition) is 3. The zero-order valence-corrected chi connectivity index (χ0v) is 12.1. The maximum atomic E-state index is 12.6. The van der Waals surface area contributed by atoms with E-state index in [0.717, 1.165) is 23.4 Å². The molecule has 1 aliphatic rings. The Hall–Kier alpha value is -2.36. The first-order chi connectivity index (χ1) is 10.3. The smallest absolute Gasteiger partial charge is 0.231 e. The second kappa shape index (κ2) is 5.95. The Morgan fingerprint density at radius 2 is 2.10 bits per heavy atom. The molecule has 2 heterocycles. The van der Waals surface area contributed by atoms with Gasteiger partial charge in [-0.25, -0.2) is 0 Å². The van der Waals surface area contributed by atoms with E-state index in [1.807, 2.05) is 54.4 Å². The molecule has 4 heteroatoms. The summed E-state index contributed by atoms with van der Waals surface area (Å²) in [6.07, 6.45) is 2.57. The summed E-state index contributed by atoms with van der Waals surface area (Å²) >= 11 is 0. The van der Waals surface area contributed by atoms with Crippen molar-refractivity contribution in [3.8, 4) is 0 Å². The standard InChI is InChI=1S/C17H19N3O/c1-20(11-9-13-6-4-5-10-18-13)17(21)15-12-19-16-8-3-2-7-14(15)16/h2-8,10,15,19H,9,11-12H2,1H3. The van der Waals surface area contributed by atoms with Crippen LogP contribution in [-0.4, -0.2) is 35.9 Å². The van der Waals surface area contributed by atoms with Crippen LogP contribution in [0.15, 0.2) is 48.7 Å². The van der Waals surface area contributed by atoms with Gasteiger partial charge in [-0.1, -0.05) is 24.3 Å². The van der Waals surface area contributed by atoms with Crippen molar-refractivity contribution in [2.45, 2.75) is 12.3 Å². The number of aromatic nitrogens is 1. The van der Waals surface area contributed by atoms with Crippen LogP contribution in [0.5, 0.6) is 0 Å². The van der Waals surface area contributed by atoms with Gasteiger partial charge in [0.25, 0.3) is 0 Å². The molecule has 0 fully saturated rings. The number of rotatable bonds is 4. The van der Waals surface area contributed by atoms with E-state index in [1.165, 1.54) is 0 Å². The van der Waals surface area contributed by atoms with Crippen LogP contribution in [0, 0.1) is 0 Å². The molecule has 1 N–H and O–H groups in total. The third-order valence-corrected chi connectivity index (χ3v) is 3.94. The number of carbonyl (C=O) groups excluding carboxylic acids is 1. The van der Waals surface area contributed by atoms with Gasteiger partial charge >= 0.3 is 0 Å². The minimum atomic E-state index is -0.0741. The predicted octanol–water partition coefficient (Wildman–Crippen LogP) is 2.29. The van der Waals surface area contributed by atoms with Gasteiger partial charge in [0, 0.05) is 44.1 Å². The normalized spacial score (nSPS) is 16.1. The number of fused-ring (bicyclic) bond motifs is 1. The summed E-state index contributed by atoms with van der Waals surface area (Å²) in [6, 6.07) is 13.9. The first-order valence-electron chi connectivity index (χ1n) is 7.23. The molecule has 1 amide bonds. The lowest BCUT2D eigenvalue weighted by Crippen LogP contribution is -2.34. The summed E-state index contributed by atoms with van der Waals surface area (Å²) in [4.78, 5) is 18.7. The van der Waals surface area contributed by atoms with E-state index in [0.29, 0.717) is 13.1 Å². The number of carbonyl (C=O) groups is 1. The van der Waals surface area contributed by atoms with E-state index in [9.17, 15) is 4.79 Å². The van der Waals surface area contributed by atoms with Crippen LogP contribution in [-0.2, 0) is 11.2 Å². The summed E-state index contributed by atoms with van der Waals surface area (Å²) in [5.74, 6) is 0.0957. The fraction of sp³-hybridized carbons (Fsp3) is 0.294. The van der Waals surface area contributed by atoms with E-state index in [2.05, 4.69) is 10.3 Å². The minimum absolute atomic E-state index is 0.0741. The van der Waals surface area contributed by atoms with Crippen LogP contribution < -0.4 is 5.32 Å². The van der Waals surface area contributed by atoms with Crippen molar-refractivity contribution in [3.63, 3.8) is 0 Å². The number of anilines is 1. The summed E-state index contributed by atoms with van der Waals surface area (Å²) in [7, 11) is 1.87. The molecule has 21 heavy (non-hydrogen) atoms. The lowest BCUT2D eigenvalue weighted by Gasteiger charge is -2.21. The molecular weight excluding hydrogens is 262 g/mol. The van der Waals surface area contributed by atoms with Crippen molar-refractivity contribution >= 4 is 11.6 Å². The average molecular weight is 281 g/mol. The molecule has 0 bridgehead atoms. The van der Waals surface area contributed by atoms with Crippen molar-refractivity contribution in [2.75, 3.05) is 25.5 Å². The number of para-hydroxylation sites is 1. The highest BCUT2D eigenvalue weighted by molar-refractivity contribution is 5.88. The maximum Gasteiger partial charge on any atom is 0.231 e. The zero-order valence-electron chi connectivity index (χ0n) is 12.1. The Kier molecular flexibility index (Phi) is 3.86. The highest BCUT2D eigenvalue weighted by Crippen LogP contribution is 2.32. The maximum absolute atomic E-state index is 12.6. The molecule has 1 aliphatic heterocycles. The van der Waals surface area contributed by atoms with Gasteiger partial charge in [0.15, 0.2) is 0 Å². The number of pyridine rings is 1. The number of nitrogens with zero attached hydrogens (tertiary/aromatic N) is 2. The summed E-state index contributed by atoms with van der Waals surface area (Å²) in [6.45, 7) is 1.38. The Morgan fingerprint density at radius 3 is 2.90 bits per heavy atom. The van der Waals surface area contributed by atoms with Crippen LogP contribution in [0.25, 0.3) is 0 Å². The number of nitrogens with one attached hydrogen (secondary N) is 1. The Morgan fingerprint density at radius 1 is 1.29 bits per heavy atom. The SMILES string of the molecule is CN(CCc1ccccn1)C(=O)C1CNc2ccccc21. The van der Waals surface area contributed by atoms with Gasteiger partial charge in [-0.3, -0.25) is 9.78 Å². The van der Waals surface area contributed by atoms with Crippen LogP contribution in [0.4, 0.5) is 5.69 Å². The first kappa shape index (κ1) is 13.6. The topological polar surface area (TPSA) is 45.2 Å². The van der Waals surface area contributed by atoms with Gasteiger partial charge in [-0.05, 0) is 23.8 Å². The lowest BCUT2D eigenvalue weighted by atomic mass is 10.00. The lowest BCUT2D eigenvalue weighted by molar-refractivity contribution is -0.131. The molecule has 2 aromatic rings. The van der Waals surface area contributed by atoms with Gasteiger partial charge in [-0.15, -0.1) is 0 Å². The minimum Gasteiger partial charge on any atom is -0.384 e. The second-order valence-corrected chi connectivity index (χ2v) is 5.35. The van der Waals surface area contributed by atoms with Gasteiger partial charge in [-0.2, -0.15) is 0 Å². The Labute approximate surface area is 124 Å². The monoisotopic (exact) mass is 281 g/mol. The summed E-state index contributed by atoms with van der Waals surface area (Å²) < 4.78 is 0. The number of benzene rings is 1. The van der Waals surface area contributed by atoms with Gasteiger partial charge in [0.05, 0.1) is 5.92 Å². The summed E-state index contributed by atoms with van der Waals surface area (Å²) in [5, 5.41) is 3.30. The van der Waals surface area contributed by atoms with E-state index in [1.54, 1.807) is 6.20 Å². The van der Waals surface area contributed by atoms with E-state index in [4.69, 9.17) is 0 Å². The van der Waals surface area contributed by atoms with E-state index in [-0.39, 0.29) is 11.8 Å². The fourth-order valence-corrected chi connectivity index (χ4v) is 2.71. The number of amides is 1. The zero-order chi connectivity index (χ0) is 14.7. The molecule has 1 unspecified atom stereocenters. The number of hydrogen-bond donors (Lipinski definition) is 1. The van der Waals surface area contributed by atoms with Crippen molar-refractivity contribution < 1.29 is 4.79 Å². The van der Waals surface area contributed by atoms with Crippen LogP contribution >= 0.6 is 0 Å². The molecule has 0 radical (unpaired) electrons. The fourth-order valence-electron chi connectivity index (χ4n) is 2.71. The third kappa shape index (κ3) is 2.89. The van der Waals surface area contributed by atoms with Crippen molar-refractivity contribution in [1.29, 1.82) is 0 Å². The molecular formula is C17H19N3O. The van der Waals surface area contributed by atoms with Gasteiger partial charge < -0.3 is 10.2 Å². The van der Waals surface area contributed by atoms with E-state index >= 15 is 0 Å². The molecule has 1 aromatic heterocycles. The molecule has 0 aliphatic carbocycles. The van der Waals surface area contributed by atoms with E-state index < -0.39 is 0 Å².